The maximum Gasteiger partial charge on any atom is 0.257 e. The SMILES string of the molecule is Cc1cccc(CNc2ncc(C(=O)N(Cc3ccccc3)C(C)C)cn2)c1. The first-order valence-electron chi connectivity index (χ1n) is 9.49. The van der Waals surface area contributed by atoms with Crippen LogP contribution in [0.15, 0.2) is 67.0 Å². The van der Waals surface area contributed by atoms with Crippen LogP contribution in [0.1, 0.15) is 40.9 Å². The molecule has 0 atom stereocenters. The van der Waals surface area contributed by atoms with E-state index in [-0.39, 0.29) is 11.9 Å². The molecule has 5 nitrogen and oxygen atoms in total. The minimum atomic E-state index is -0.0657. The van der Waals surface area contributed by atoms with Gasteiger partial charge in [0.1, 0.15) is 0 Å². The van der Waals surface area contributed by atoms with Crippen LogP contribution >= 0.6 is 0 Å². The van der Waals surface area contributed by atoms with E-state index >= 15 is 0 Å². The zero-order chi connectivity index (χ0) is 19.9. The molecule has 144 valence electrons. The predicted molar refractivity (Wildman–Crippen MR) is 112 cm³/mol. The van der Waals surface area contributed by atoms with Gasteiger partial charge in [-0.3, -0.25) is 4.79 Å². The standard InChI is InChI=1S/C23H26N4O/c1-17(2)27(16-19-9-5-4-6-10-19)22(28)21-14-25-23(26-15-21)24-13-20-11-7-8-18(3)12-20/h4-12,14-15,17H,13,16H2,1-3H3,(H,24,25,26). The van der Waals surface area contributed by atoms with Gasteiger partial charge in [0.25, 0.3) is 5.91 Å². The van der Waals surface area contributed by atoms with Crippen molar-refractivity contribution in [1.29, 1.82) is 0 Å². The van der Waals surface area contributed by atoms with Crippen LogP contribution in [0.2, 0.25) is 0 Å². The van der Waals surface area contributed by atoms with E-state index in [9.17, 15) is 4.79 Å². The molecule has 3 aromatic rings. The quantitative estimate of drug-likeness (QED) is 0.664. The summed E-state index contributed by atoms with van der Waals surface area (Å²) < 4.78 is 0. The summed E-state index contributed by atoms with van der Waals surface area (Å²) in [5.74, 6) is 0.446. The lowest BCUT2D eigenvalue weighted by Crippen LogP contribution is -2.36. The second kappa shape index (κ2) is 9.13. The van der Waals surface area contributed by atoms with Crippen molar-refractivity contribution in [2.45, 2.75) is 39.9 Å². The zero-order valence-electron chi connectivity index (χ0n) is 16.6. The molecular weight excluding hydrogens is 348 g/mol. The van der Waals surface area contributed by atoms with Crippen LogP contribution in [0.25, 0.3) is 0 Å². The molecule has 1 aromatic heterocycles. The number of anilines is 1. The summed E-state index contributed by atoms with van der Waals surface area (Å²) in [6.45, 7) is 7.29. The number of carbonyl (C=O) groups is 1. The fourth-order valence-corrected chi connectivity index (χ4v) is 2.97. The van der Waals surface area contributed by atoms with Gasteiger partial charge in [-0.25, -0.2) is 9.97 Å². The van der Waals surface area contributed by atoms with Crippen LogP contribution in [0.5, 0.6) is 0 Å². The smallest absolute Gasteiger partial charge is 0.257 e. The Morgan fingerprint density at radius 3 is 2.32 bits per heavy atom. The highest BCUT2D eigenvalue weighted by atomic mass is 16.2. The van der Waals surface area contributed by atoms with Crippen LogP contribution in [0.3, 0.4) is 0 Å². The van der Waals surface area contributed by atoms with Crippen LogP contribution < -0.4 is 5.32 Å². The zero-order valence-corrected chi connectivity index (χ0v) is 16.6. The average Bonchev–Trinajstić information content (AvgIpc) is 2.71. The highest BCUT2D eigenvalue weighted by Crippen LogP contribution is 2.13. The van der Waals surface area contributed by atoms with Crippen molar-refractivity contribution in [2.24, 2.45) is 0 Å². The van der Waals surface area contributed by atoms with Gasteiger partial charge in [-0.15, -0.1) is 0 Å². The molecule has 1 amide bonds. The third-order valence-electron chi connectivity index (χ3n) is 4.51. The first kappa shape index (κ1) is 19.5. The van der Waals surface area contributed by atoms with E-state index in [4.69, 9.17) is 0 Å². The van der Waals surface area contributed by atoms with Crippen LogP contribution in [0.4, 0.5) is 5.95 Å². The summed E-state index contributed by atoms with van der Waals surface area (Å²) in [6.07, 6.45) is 3.18. The van der Waals surface area contributed by atoms with Crippen molar-refractivity contribution in [1.82, 2.24) is 14.9 Å². The molecule has 1 heterocycles. The summed E-state index contributed by atoms with van der Waals surface area (Å²) in [5.41, 5.74) is 3.97. The van der Waals surface area contributed by atoms with Gasteiger partial charge in [0.05, 0.1) is 5.56 Å². The number of nitrogens with one attached hydrogen (secondary N) is 1. The van der Waals surface area contributed by atoms with Gasteiger partial charge < -0.3 is 10.2 Å². The molecule has 0 aliphatic carbocycles. The predicted octanol–water partition coefficient (Wildman–Crippen LogP) is 4.45. The molecule has 0 saturated heterocycles. The summed E-state index contributed by atoms with van der Waals surface area (Å²) in [4.78, 5) is 23.4. The van der Waals surface area contributed by atoms with Crippen molar-refractivity contribution in [3.05, 3.63) is 89.2 Å². The molecular formula is C23H26N4O. The molecule has 0 aliphatic heterocycles. The lowest BCUT2D eigenvalue weighted by atomic mass is 10.1. The Hall–Kier alpha value is -3.21. The number of carbonyl (C=O) groups excluding carboxylic acids is 1. The molecule has 0 bridgehead atoms. The van der Waals surface area contributed by atoms with E-state index in [1.165, 1.54) is 5.56 Å². The van der Waals surface area contributed by atoms with Gasteiger partial charge in [-0.1, -0.05) is 60.2 Å². The minimum Gasteiger partial charge on any atom is -0.350 e. The first-order valence-corrected chi connectivity index (χ1v) is 9.49. The summed E-state index contributed by atoms with van der Waals surface area (Å²) >= 11 is 0. The first-order chi connectivity index (χ1) is 13.5. The highest BCUT2D eigenvalue weighted by Gasteiger charge is 2.19. The molecule has 0 fully saturated rings. The maximum absolute atomic E-state index is 12.9. The number of hydrogen-bond acceptors (Lipinski definition) is 4. The Bertz CT molecular complexity index is 907. The number of benzene rings is 2. The van der Waals surface area contributed by atoms with Gasteiger partial charge >= 0.3 is 0 Å². The van der Waals surface area contributed by atoms with Gasteiger partial charge in [-0.05, 0) is 31.9 Å². The summed E-state index contributed by atoms with van der Waals surface area (Å²) in [6, 6.07) is 18.3. The van der Waals surface area contributed by atoms with Gasteiger partial charge in [0.2, 0.25) is 5.95 Å². The normalized spacial score (nSPS) is 10.7. The van der Waals surface area contributed by atoms with Crippen LogP contribution in [-0.2, 0) is 13.1 Å². The molecule has 2 aromatic carbocycles. The second-order valence-electron chi connectivity index (χ2n) is 7.15. The fraction of sp³-hybridized carbons (Fsp3) is 0.261. The Balaban J connectivity index is 1.66. The number of nitrogens with zero attached hydrogens (tertiary/aromatic N) is 3. The van der Waals surface area contributed by atoms with Crippen molar-refractivity contribution < 1.29 is 4.79 Å². The topological polar surface area (TPSA) is 58.1 Å². The Labute approximate surface area is 166 Å². The van der Waals surface area contributed by atoms with E-state index in [0.717, 1.165) is 11.1 Å². The molecule has 0 radical (unpaired) electrons. The number of hydrogen-bond donors (Lipinski definition) is 1. The highest BCUT2D eigenvalue weighted by molar-refractivity contribution is 5.93. The van der Waals surface area contributed by atoms with Crippen LogP contribution in [-0.4, -0.2) is 26.8 Å². The second-order valence-corrected chi connectivity index (χ2v) is 7.15. The van der Waals surface area contributed by atoms with E-state index in [1.807, 2.05) is 55.1 Å². The largest absolute Gasteiger partial charge is 0.350 e. The molecule has 3 rings (SSSR count). The van der Waals surface area contributed by atoms with Gasteiger partial charge in [0.15, 0.2) is 0 Å². The minimum absolute atomic E-state index is 0.0657. The number of amides is 1. The van der Waals surface area contributed by atoms with Crippen molar-refractivity contribution >= 4 is 11.9 Å². The van der Waals surface area contributed by atoms with Gasteiger partial charge in [0, 0.05) is 31.5 Å². The van der Waals surface area contributed by atoms with Crippen molar-refractivity contribution in [3.8, 4) is 0 Å². The molecule has 0 aliphatic rings. The summed E-state index contributed by atoms with van der Waals surface area (Å²) in [5, 5.41) is 3.20. The third-order valence-corrected chi connectivity index (χ3v) is 4.51. The number of aryl methyl sites for hydroxylation is 1. The van der Waals surface area contributed by atoms with E-state index in [0.29, 0.717) is 24.6 Å². The molecule has 28 heavy (non-hydrogen) atoms. The Morgan fingerprint density at radius 1 is 1.00 bits per heavy atom. The molecule has 0 spiro atoms. The lowest BCUT2D eigenvalue weighted by molar-refractivity contribution is 0.0689. The third kappa shape index (κ3) is 5.16. The van der Waals surface area contributed by atoms with Crippen molar-refractivity contribution in [2.75, 3.05) is 5.32 Å². The Kier molecular flexibility index (Phi) is 6.37. The summed E-state index contributed by atoms with van der Waals surface area (Å²) in [7, 11) is 0. The number of aromatic nitrogens is 2. The van der Waals surface area contributed by atoms with Crippen molar-refractivity contribution in [3.63, 3.8) is 0 Å². The maximum atomic E-state index is 12.9. The lowest BCUT2D eigenvalue weighted by Gasteiger charge is -2.26. The molecule has 1 N–H and O–H groups in total. The van der Waals surface area contributed by atoms with E-state index < -0.39 is 0 Å². The van der Waals surface area contributed by atoms with E-state index in [1.54, 1.807) is 12.4 Å². The molecule has 0 unspecified atom stereocenters. The number of rotatable bonds is 7. The average molecular weight is 374 g/mol. The molecule has 5 heteroatoms. The van der Waals surface area contributed by atoms with Crippen LogP contribution in [0, 0.1) is 6.92 Å². The van der Waals surface area contributed by atoms with E-state index in [2.05, 4.69) is 40.4 Å². The molecule has 0 saturated carbocycles. The van der Waals surface area contributed by atoms with Gasteiger partial charge in [-0.2, -0.15) is 0 Å². The monoisotopic (exact) mass is 374 g/mol. The Morgan fingerprint density at radius 2 is 1.68 bits per heavy atom. The fourth-order valence-electron chi connectivity index (χ4n) is 2.97.